The lowest BCUT2D eigenvalue weighted by molar-refractivity contribution is -0.239. The first-order valence-corrected chi connectivity index (χ1v) is 9.14. The number of nitrogens with two attached hydrogens (primary N) is 1. The molecule has 0 radical (unpaired) electrons. The SMILES string of the molecule is N[C@H]1[C@H](OS(=O)(=O)O)O[C@H](CO)[C@@H](O)[C@@H]1O.OC[C@@H](O)[C@@H](O)[C@H](O)[C@H](O)CO. The standard InChI is InChI=1S/C6H13NO8S.C6H14O6/c7-3-5(10)4(9)2(1-8)14-6(3)15-16(11,12)13;7-1-3(9)5(11)6(12)4(10)2-8/h2-6,8-10H,1,7H2,(H,11,12,13);3-12H,1-2H2/t2-,3-,4-,5-,6+;3-,4-,5-,6-/m11/s1. The van der Waals surface area contributed by atoms with Gasteiger partial charge in [0.1, 0.15) is 42.7 Å². The Kier molecular flexibility index (Phi) is 12.0. The third kappa shape index (κ3) is 8.43. The van der Waals surface area contributed by atoms with Crippen molar-refractivity contribution in [3.8, 4) is 0 Å². The van der Waals surface area contributed by atoms with E-state index in [0.717, 1.165) is 0 Å². The van der Waals surface area contributed by atoms with E-state index in [0.29, 0.717) is 0 Å². The molecule has 1 aliphatic rings. The summed E-state index contributed by atoms with van der Waals surface area (Å²) in [6.45, 7) is -2.12. The summed E-state index contributed by atoms with van der Waals surface area (Å²) in [7, 11) is -4.81. The molecular formula is C12H27NO14S. The van der Waals surface area contributed by atoms with Gasteiger partial charge in [-0.1, -0.05) is 0 Å². The fourth-order valence-electron chi connectivity index (χ4n) is 1.98. The second-order valence-corrected chi connectivity index (χ2v) is 6.84. The van der Waals surface area contributed by atoms with Crippen LogP contribution in [0.3, 0.4) is 0 Å². The highest BCUT2D eigenvalue weighted by Gasteiger charge is 2.44. The molecule has 0 aromatic rings. The summed E-state index contributed by atoms with van der Waals surface area (Å²) in [5.41, 5.74) is 5.32. The van der Waals surface area contributed by atoms with Crippen molar-refractivity contribution in [3.05, 3.63) is 0 Å². The van der Waals surface area contributed by atoms with Gasteiger partial charge in [0.05, 0.1) is 25.9 Å². The Morgan fingerprint density at radius 1 is 0.929 bits per heavy atom. The van der Waals surface area contributed by atoms with E-state index in [2.05, 4.69) is 4.18 Å². The molecule has 9 atom stereocenters. The Hall–Kier alpha value is -0.570. The van der Waals surface area contributed by atoms with Gasteiger partial charge in [-0.15, -0.1) is 0 Å². The van der Waals surface area contributed by atoms with Crippen LogP contribution in [-0.2, 0) is 19.3 Å². The van der Waals surface area contributed by atoms with E-state index >= 15 is 0 Å². The van der Waals surface area contributed by atoms with Crippen LogP contribution in [0.1, 0.15) is 0 Å². The van der Waals surface area contributed by atoms with E-state index in [1.807, 2.05) is 0 Å². The second-order valence-electron chi connectivity index (χ2n) is 5.79. The third-order valence-corrected chi connectivity index (χ3v) is 4.09. The van der Waals surface area contributed by atoms with Crippen LogP contribution in [0.25, 0.3) is 0 Å². The third-order valence-electron chi connectivity index (χ3n) is 3.66. The molecule has 0 spiro atoms. The summed E-state index contributed by atoms with van der Waals surface area (Å²) < 4.78 is 38.0. The molecule has 0 unspecified atom stereocenters. The summed E-state index contributed by atoms with van der Waals surface area (Å²) in [6.07, 6.45) is -12.3. The fraction of sp³-hybridized carbons (Fsp3) is 1.00. The molecule has 1 fully saturated rings. The average Bonchev–Trinajstić information content (AvgIpc) is 2.65. The molecule has 0 aliphatic carbocycles. The predicted octanol–water partition coefficient (Wildman–Crippen LogP) is -7.01. The minimum Gasteiger partial charge on any atom is -0.394 e. The predicted molar refractivity (Wildman–Crippen MR) is 86.6 cm³/mol. The monoisotopic (exact) mass is 441 g/mol. The number of hydrogen-bond donors (Lipinski definition) is 11. The van der Waals surface area contributed by atoms with E-state index in [4.69, 9.17) is 50.8 Å². The quantitative estimate of drug-likeness (QED) is 0.156. The molecule has 170 valence electrons. The normalized spacial score (nSPS) is 32.6. The molecule has 1 rings (SSSR count). The van der Waals surface area contributed by atoms with Gasteiger partial charge in [0.15, 0.2) is 6.29 Å². The Bertz CT molecular complexity index is 518. The molecule has 0 aromatic heterocycles. The molecule has 1 heterocycles. The molecule has 0 saturated carbocycles. The van der Waals surface area contributed by atoms with Crippen molar-refractivity contribution in [2.75, 3.05) is 19.8 Å². The number of hydrogen-bond acceptors (Lipinski definition) is 14. The van der Waals surface area contributed by atoms with Gasteiger partial charge in [-0.3, -0.25) is 4.55 Å². The van der Waals surface area contributed by atoms with Crippen molar-refractivity contribution in [2.24, 2.45) is 5.73 Å². The van der Waals surface area contributed by atoms with Gasteiger partial charge in [0.2, 0.25) is 0 Å². The Labute approximate surface area is 159 Å². The van der Waals surface area contributed by atoms with E-state index in [-0.39, 0.29) is 0 Å². The molecule has 0 aromatic carbocycles. The van der Waals surface area contributed by atoms with Crippen molar-refractivity contribution < 1.29 is 67.8 Å². The van der Waals surface area contributed by atoms with Crippen molar-refractivity contribution in [1.82, 2.24) is 0 Å². The topological polar surface area (TPSA) is 281 Å². The van der Waals surface area contributed by atoms with Crippen LogP contribution in [0.2, 0.25) is 0 Å². The zero-order chi connectivity index (χ0) is 22.2. The van der Waals surface area contributed by atoms with Gasteiger partial charge >= 0.3 is 10.4 Å². The number of ether oxygens (including phenoxy) is 1. The minimum atomic E-state index is -4.81. The van der Waals surface area contributed by atoms with Crippen molar-refractivity contribution >= 4 is 10.4 Å². The number of aliphatic hydroxyl groups excluding tert-OH is 9. The summed E-state index contributed by atoms with van der Waals surface area (Å²) in [4.78, 5) is 0. The zero-order valence-electron chi connectivity index (χ0n) is 14.4. The molecule has 1 saturated heterocycles. The maximum atomic E-state index is 10.4. The molecule has 15 nitrogen and oxygen atoms in total. The number of rotatable bonds is 8. The largest absolute Gasteiger partial charge is 0.399 e. The van der Waals surface area contributed by atoms with Gasteiger partial charge in [-0.2, -0.15) is 8.42 Å². The van der Waals surface area contributed by atoms with Gasteiger partial charge in [-0.05, 0) is 0 Å². The number of aliphatic hydroxyl groups is 9. The smallest absolute Gasteiger partial charge is 0.394 e. The molecule has 28 heavy (non-hydrogen) atoms. The Morgan fingerprint density at radius 2 is 1.36 bits per heavy atom. The van der Waals surface area contributed by atoms with E-state index in [9.17, 15) is 18.6 Å². The highest BCUT2D eigenvalue weighted by atomic mass is 32.3. The van der Waals surface area contributed by atoms with Crippen LogP contribution in [0, 0.1) is 0 Å². The van der Waals surface area contributed by atoms with E-state index in [1.165, 1.54) is 0 Å². The fourth-order valence-corrected chi connectivity index (χ4v) is 2.39. The van der Waals surface area contributed by atoms with Crippen molar-refractivity contribution in [1.29, 1.82) is 0 Å². The first-order valence-electron chi connectivity index (χ1n) is 7.78. The van der Waals surface area contributed by atoms with Crippen molar-refractivity contribution in [3.63, 3.8) is 0 Å². The first-order chi connectivity index (χ1) is 12.8. The van der Waals surface area contributed by atoms with Crippen LogP contribution in [0.4, 0.5) is 0 Å². The Balaban J connectivity index is 0.000000546. The molecule has 0 bridgehead atoms. The van der Waals surface area contributed by atoms with Crippen LogP contribution >= 0.6 is 0 Å². The van der Waals surface area contributed by atoms with Gasteiger partial charge in [0.25, 0.3) is 0 Å². The zero-order valence-corrected chi connectivity index (χ0v) is 15.2. The first kappa shape index (κ1) is 27.4. The highest BCUT2D eigenvalue weighted by Crippen LogP contribution is 2.21. The molecule has 16 heteroatoms. The molecule has 0 amide bonds. The van der Waals surface area contributed by atoms with E-state index in [1.54, 1.807) is 0 Å². The lowest BCUT2D eigenvalue weighted by Gasteiger charge is -2.39. The summed E-state index contributed by atoms with van der Waals surface area (Å²) in [5, 5.41) is 79.7. The minimum absolute atomic E-state index is 0.670. The maximum absolute atomic E-state index is 10.4. The van der Waals surface area contributed by atoms with Gasteiger partial charge < -0.3 is 56.4 Å². The van der Waals surface area contributed by atoms with Crippen LogP contribution in [-0.4, -0.2) is 134 Å². The molecule has 1 aliphatic heterocycles. The van der Waals surface area contributed by atoms with Gasteiger partial charge in [-0.25, -0.2) is 4.18 Å². The lowest BCUT2D eigenvalue weighted by atomic mass is 9.98. The maximum Gasteiger partial charge on any atom is 0.399 e. The molecular weight excluding hydrogens is 414 g/mol. The molecule has 12 N–H and O–H groups in total. The average molecular weight is 441 g/mol. The highest BCUT2D eigenvalue weighted by molar-refractivity contribution is 7.80. The van der Waals surface area contributed by atoms with Gasteiger partial charge in [0, 0.05) is 0 Å². The second kappa shape index (κ2) is 12.2. The summed E-state index contributed by atoms with van der Waals surface area (Å²) in [6, 6.07) is -1.38. The van der Waals surface area contributed by atoms with E-state index < -0.39 is 85.3 Å². The van der Waals surface area contributed by atoms with Crippen LogP contribution in [0.15, 0.2) is 0 Å². The summed E-state index contributed by atoms with van der Waals surface area (Å²) >= 11 is 0. The van der Waals surface area contributed by atoms with Crippen LogP contribution < -0.4 is 5.73 Å². The Morgan fingerprint density at radius 3 is 1.68 bits per heavy atom. The lowest BCUT2D eigenvalue weighted by Crippen LogP contribution is -2.62. The van der Waals surface area contributed by atoms with Crippen molar-refractivity contribution in [2.45, 2.75) is 55.1 Å². The summed E-state index contributed by atoms with van der Waals surface area (Å²) in [5.74, 6) is 0. The van der Waals surface area contributed by atoms with Crippen LogP contribution in [0.5, 0.6) is 0 Å².